The number of aryl methyl sites for hydroxylation is 1. The Labute approximate surface area is 169 Å². The summed E-state index contributed by atoms with van der Waals surface area (Å²) in [6.07, 6.45) is 2.42. The molecule has 0 saturated carbocycles. The van der Waals surface area contributed by atoms with E-state index in [-0.39, 0.29) is 40.2 Å². The summed E-state index contributed by atoms with van der Waals surface area (Å²) in [5, 5.41) is 0. The van der Waals surface area contributed by atoms with E-state index in [0.29, 0.717) is 6.61 Å². The van der Waals surface area contributed by atoms with Gasteiger partial charge in [-0.2, -0.15) is 8.42 Å². The second kappa shape index (κ2) is 7.61. The number of benzene rings is 1. The van der Waals surface area contributed by atoms with Gasteiger partial charge in [-0.15, -0.1) is 0 Å². The van der Waals surface area contributed by atoms with Crippen LogP contribution in [0, 0.1) is 3.82 Å². The van der Waals surface area contributed by atoms with Crippen molar-refractivity contribution in [2.24, 2.45) is 0 Å². The molecule has 1 aliphatic rings. The molecule has 0 spiro atoms. The smallest absolute Gasteiger partial charge is 0.298 e. The van der Waals surface area contributed by atoms with Crippen LogP contribution < -0.4 is 4.74 Å². The summed E-state index contributed by atoms with van der Waals surface area (Å²) < 4.78 is 39.2. The molecule has 1 heterocycles. The van der Waals surface area contributed by atoms with Crippen LogP contribution in [0.3, 0.4) is 0 Å². The molecule has 1 radical (unpaired) electrons. The molecule has 119 valence electrons. The van der Waals surface area contributed by atoms with E-state index in [1.54, 1.807) is 16.4 Å². The predicted octanol–water partition coefficient (Wildman–Crippen LogP) is 3.96. The van der Waals surface area contributed by atoms with Gasteiger partial charge in [0.15, 0.2) is 0 Å². The molecule has 1 N–H and O–H groups in total. The first-order chi connectivity index (χ1) is 10.4. The number of ether oxygens (including phenoxy) is 1. The van der Waals surface area contributed by atoms with E-state index in [4.69, 9.17) is 17.0 Å². The first kappa shape index (κ1) is 19.5. The van der Waals surface area contributed by atoms with Crippen molar-refractivity contribution in [3.05, 3.63) is 27.1 Å². The summed E-state index contributed by atoms with van der Waals surface area (Å²) in [6, 6.07) is 3.26. The van der Waals surface area contributed by atoms with E-state index in [1.807, 2.05) is 6.92 Å². The van der Waals surface area contributed by atoms with Gasteiger partial charge >= 0.3 is 0 Å². The van der Waals surface area contributed by atoms with E-state index in [9.17, 15) is 13.0 Å². The van der Waals surface area contributed by atoms with E-state index in [1.165, 1.54) is 16.4 Å². The quantitative estimate of drug-likeness (QED) is 0.366. The van der Waals surface area contributed by atoms with Gasteiger partial charge in [0.05, 0.1) is 11.5 Å². The van der Waals surface area contributed by atoms with Gasteiger partial charge in [-0.05, 0) is 42.5 Å². The van der Waals surface area contributed by atoms with Gasteiger partial charge in [0.25, 0.3) is 10.1 Å². The van der Waals surface area contributed by atoms with E-state index in [2.05, 4.69) is 0 Å². The Morgan fingerprint density at radius 1 is 1.30 bits per heavy atom. The van der Waals surface area contributed by atoms with Crippen LogP contribution in [0.25, 0.3) is 10.4 Å². The van der Waals surface area contributed by atoms with E-state index < -0.39 is 10.1 Å². The van der Waals surface area contributed by atoms with Crippen molar-refractivity contribution in [1.29, 1.82) is 0 Å². The molecular formula is C14H14NaO4S4. The van der Waals surface area contributed by atoms with Crippen molar-refractivity contribution < 1.29 is 17.7 Å². The summed E-state index contributed by atoms with van der Waals surface area (Å²) in [7, 11) is -1.25. The summed E-state index contributed by atoms with van der Waals surface area (Å²) in [5.41, 5.74) is 2.99. The van der Waals surface area contributed by atoms with E-state index in [0.717, 1.165) is 44.7 Å². The zero-order valence-electron chi connectivity index (χ0n) is 12.8. The van der Waals surface area contributed by atoms with E-state index >= 15 is 0 Å². The Hall–Kier alpha value is 0.200. The van der Waals surface area contributed by atoms with Gasteiger partial charge in [0.2, 0.25) is 0 Å². The third kappa shape index (κ3) is 3.90. The number of hydrogen-bond donors (Lipinski definition) is 1. The van der Waals surface area contributed by atoms with Crippen LogP contribution in [-0.4, -0.2) is 49.1 Å². The molecule has 23 heavy (non-hydrogen) atoms. The van der Waals surface area contributed by atoms with Crippen LogP contribution >= 0.6 is 32.9 Å². The van der Waals surface area contributed by atoms with Gasteiger partial charge in [0, 0.05) is 35.1 Å². The summed E-state index contributed by atoms with van der Waals surface area (Å²) in [6.45, 7) is 2.35. The second-order valence-corrected chi connectivity index (χ2v) is 9.25. The van der Waals surface area contributed by atoms with Crippen LogP contribution in [0.15, 0.2) is 17.0 Å². The summed E-state index contributed by atoms with van der Waals surface area (Å²) in [4.78, 5) is 0.847. The molecule has 0 amide bonds. The summed E-state index contributed by atoms with van der Waals surface area (Å²) >= 11 is 5.33. The Bertz CT molecular complexity index is 883. The Morgan fingerprint density at radius 3 is 2.70 bits per heavy atom. The molecule has 0 fully saturated rings. The van der Waals surface area contributed by atoms with Gasteiger partial charge < -0.3 is 4.74 Å². The third-order valence-corrected chi connectivity index (χ3v) is 7.57. The minimum Gasteiger partial charge on any atom is -0.492 e. The molecule has 1 aliphatic carbocycles. The zero-order valence-corrected chi connectivity index (χ0v) is 18.1. The molecule has 4 nitrogen and oxygen atoms in total. The maximum atomic E-state index is 11.7. The van der Waals surface area contributed by atoms with Gasteiger partial charge in [-0.25, -0.2) is 0 Å². The number of hydrogen-bond acceptors (Lipinski definition) is 6. The van der Waals surface area contributed by atoms with Crippen molar-refractivity contribution in [1.82, 2.24) is 0 Å². The average Bonchev–Trinajstić information content (AvgIpc) is 2.85. The number of rotatable bonds is 4. The maximum absolute atomic E-state index is 11.7. The normalized spacial score (nSPS) is 13.0. The Morgan fingerprint density at radius 2 is 2.04 bits per heavy atom. The monoisotopic (exact) mass is 397 g/mol. The molecule has 3 rings (SSSR count). The zero-order chi connectivity index (χ0) is 15.9. The van der Waals surface area contributed by atoms with Crippen LogP contribution in [-0.2, 0) is 23.0 Å². The second-order valence-electron chi connectivity index (χ2n) is 5.04. The molecule has 0 saturated heterocycles. The van der Waals surface area contributed by atoms with Gasteiger partial charge in [0.1, 0.15) is 14.5 Å². The van der Waals surface area contributed by atoms with Crippen LogP contribution in [0.5, 0.6) is 5.75 Å². The molecule has 2 aromatic rings. The van der Waals surface area contributed by atoms with Crippen molar-refractivity contribution in [3.8, 4) is 16.2 Å². The molecule has 0 bridgehead atoms. The largest absolute Gasteiger partial charge is 0.492 e. The Kier molecular flexibility index (Phi) is 6.46. The van der Waals surface area contributed by atoms with Crippen molar-refractivity contribution in [2.45, 2.75) is 31.1 Å². The SMILES string of the molecule is CCCOc1cc2c(cc1S(=O)(=O)O)-c1ssc(=S)c1CC2.[Na]. The van der Waals surface area contributed by atoms with Crippen LogP contribution in [0.4, 0.5) is 0 Å². The fourth-order valence-corrected chi connectivity index (χ4v) is 6.18. The predicted molar refractivity (Wildman–Crippen MR) is 97.2 cm³/mol. The maximum Gasteiger partial charge on any atom is 0.298 e. The fraction of sp³-hybridized carbons (Fsp3) is 0.357. The minimum absolute atomic E-state index is 0. The molecular weight excluding hydrogens is 383 g/mol. The van der Waals surface area contributed by atoms with Gasteiger partial charge in [-0.1, -0.05) is 39.8 Å². The van der Waals surface area contributed by atoms with Crippen molar-refractivity contribution >= 4 is 72.6 Å². The first-order valence-electron chi connectivity index (χ1n) is 6.81. The first-order valence-corrected chi connectivity index (χ1v) is 10.8. The standard InChI is InChI=1S/C14H14O4S4.Na/c1-2-5-18-11-6-8-3-4-9-13(20-21-14(9)19)10(8)7-12(11)22(15,16)17;/h6-7H,2-5H2,1H3,(H,15,16,17);. The Balaban J connectivity index is 0.00000192. The molecule has 1 aromatic carbocycles. The van der Waals surface area contributed by atoms with Crippen molar-refractivity contribution in [3.63, 3.8) is 0 Å². The molecule has 0 aliphatic heterocycles. The molecule has 1 aromatic heterocycles. The van der Waals surface area contributed by atoms with Crippen LogP contribution in [0.2, 0.25) is 0 Å². The summed E-state index contributed by atoms with van der Waals surface area (Å²) in [5.74, 6) is 0.227. The molecule has 0 atom stereocenters. The van der Waals surface area contributed by atoms with Crippen LogP contribution in [0.1, 0.15) is 24.5 Å². The fourth-order valence-electron chi connectivity index (χ4n) is 2.50. The van der Waals surface area contributed by atoms with Crippen molar-refractivity contribution in [2.75, 3.05) is 6.61 Å². The molecule has 0 unspecified atom stereocenters. The number of fused-ring (bicyclic) bond motifs is 3. The average molecular weight is 398 g/mol. The third-order valence-electron chi connectivity index (χ3n) is 3.52. The minimum atomic E-state index is -4.34. The van der Waals surface area contributed by atoms with Gasteiger partial charge in [-0.3, -0.25) is 4.55 Å². The topological polar surface area (TPSA) is 63.6 Å². The molecule has 9 heteroatoms.